The average molecular weight is 344 g/mol. The molecule has 1 amide bonds. The molecule has 0 aromatic heterocycles. The van der Waals surface area contributed by atoms with Crippen LogP contribution < -0.4 is 5.32 Å². The molecule has 1 aliphatic rings. The predicted octanol–water partition coefficient (Wildman–Crippen LogP) is 4.49. The van der Waals surface area contributed by atoms with Crippen molar-refractivity contribution in [3.63, 3.8) is 0 Å². The second-order valence-corrected chi connectivity index (χ2v) is 6.81. The molecule has 1 aliphatic carbocycles. The highest BCUT2D eigenvalue weighted by molar-refractivity contribution is 9.10. The molecule has 1 atom stereocenters. The van der Waals surface area contributed by atoms with Gasteiger partial charge in [0.05, 0.1) is 10.5 Å². The van der Waals surface area contributed by atoms with E-state index in [9.17, 15) is 9.18 Å². The van der Waals surface area contributed by atoms with E-state index in [0.29, 0.717) is 4.47 Å². The predicted molar refractivity (Wildman–Crippen MR) is 79.1 cm³/mol. The largest absolute Gasteiger partial charge is 0.444 e. The molecule has 1 aromatic carbocycles. The molecule has 1 N–H and O–H groups in total. The molecule has 110 valence electrons. The Balaban J connectivity index is 2.17. The number of carbonyl (C=O) groups is 1. The maximum atomic E-state index is 13.6. The highest BCUT2D eigenvalue weighted by Crippen LogP contribution is 2.35. The summed E-state index contributed by atoms with van der Waals surface area (Å²) in [4.78, 5) is 11.9. The summed E-state index contributed by atoms with van der Waals surface area (Å²) >= 11 is 3.29. The van der Waals surface area contributed by atoms with Gasteiger partial charge in [0.2, 0.25) is 0 Å². The third-order valence-electron chi connectivity index (χ3n) is 3.22. The van der Waals surface area contributed by atoms with Gasteiger partial charge >= 0.3 is 6.09 Å². The van der Waals surface area contributed by atoms with Crippen LogP contribution >= 0.6 is 15.9 Å². The SMILES string of the molecule is CC(C)(C)OC(=O)NC1CCCc2c1ccc(F)c2Br. The van der Waals surface area contributed by atoms with Crippen LogP contribution in [0.15, 0.2) is 16.6 Å². The number of benzene rings is 1. The number of alkyl carbamates (subject to hydrolysis) is 1. The highest BCUT2D eigenvalue weighted by Gasteiger charge is 2.26. The summed E-state index contributed by atoms with van der Waals surface area (Å²) in [6, 6.07) is 3.06. The smallest absolute Gasteiger partial charge is 0.408 e. The first-order chi connectivity index (χ1) is 9.28. The molecule has 20 heavy (non-hydrogen) atoms. The zero-order valence-corrected chi connectivity index (χ0v) is 13.5. The van der Waals surface area contributed by atoms with Gasteiger partial charge in [0.15, 0.2) is 0 Å². The van der Waals surface area contributed by atoms with Crippen LogP contribution in [-0.2, 0) is 11.2 Å². The number of rotatable bonds is 1. The lowest BCUT2D eigenvalue weighted by Crippen LogP contribution is -2.36. The zero-order valence-electron chi connectivity index (χ0n) is 11.9. The molecule has 0 saturated heterocycles. The Labute approximate surface area is 127 Å². The van der Waals surface area contributed by atoms with Crippen LogP contribution in [0.4, 0.5) is 9.18 Å². The van der Waals surface area contributed by atoms with Crippen LogP contribution in [0.2, 0.25) is 0 Å². The molecule has 3 nitrogen and oxygen atoms in total. The molecule has 0 radical (unpaired) electrons. The van der Waals surface area contributed by atoms with E-state index < -0.39 is 11.7 Å². The maximum Gasteiger partial charge on any atom is 0.408 e. The van der Waals surface area contributed by atoms with Gasteiger partial charge in [-0.15, -0.1) is 0 Å². The molecule has 1 unspecified atom stereocenters. The van der Waals surface area contributed by atoms with E-state index in [0.717, 1.165) is 30.4 Å². The summed E-state index contributed by atoms with van der Waals surface area (Å²) in [5.74, 6) is -0.262. The van der Waals surface area contributed by atoms with Crippen molar-refractivity contribution >= 4 is 22.0 Å². The zero-order chi connectivity index (χ0) is 14.9. The van der Waals surface area contributed by atoms with Crippen molar-refractivity contribution in [2.45, 2.75) is 51.7 Å². The molecule has 5 heteroatoms. The van der Waals surface area contributed by atoms with Gasteiger partial charge in [-0.05, 0) is 73.2 Å². The maximum absolute atomic E-state index is 13.6. The number of hydrogen-bond donors (Lipinski definition) is 1. The molecule has 1 aromatic rings. The van der Waals surface area contributed by atoms with Gasteiger partial charge in [0.1, 0.15) is 11.4 Å². The van der Waals surface area contributed by atoms with Crippen molar-refractivity contribution in [1.29, 1.82) is 0 Å². The molecular formula is C15H19BrFNO2. The van der Waals surface area contributed by atoms with Gasteiger partial charge in [-0.25, -0.2) is 9.18 Å². The van der Waals surface area contributed by atoms with Crippen LogP contribution in [0.1, 0.15) is 50.8 Å². The van der Waals surface area contributed by atoms with E-state index in [4.69, 9.17) is 4.74 Å². The van der Waals surface area contributed by atoms with E-state index in [1.54, 1.807) is 6.07 Å². The van der Waals surface area contributed by atoms with Crippen LogP contribution in [-0.4, -0.2) is 11.7 Å². The lowest BCUT2D eigenvalue weighted by atomic mass is 9.87. The quantitative estimate of drug-likeness (QED) is 0.815. The van der Waals surface area contributed by atoms with Crippen LogP contribution in [0.5, 0.6) is 0 Å². The summed E-state index contributed by atoms with van der Waals surface area (Å²) in [6.45, 7) is 5.48. The van der Waals surface area contributed by atoms with Crippen LogP contribution in [0.3, 0.4) is 0 Å². The van der Waals surface area contributed by atoms with Crippen molar-refractivity contribution in [1.82, 2.24) is 5.32 Å². The minimum absolute atomic E-state index is 0.120. The fourth-order valence-electron chi connectivity index (χ4n) is 2.43. The third-order valence-corrected chi connectivity index (χ3v) is 4.08. The molecule has 0 saturated carbocycles. The van der Waals surface area contributed by atoms with Gasteiger partial charge in [0.25, 0.3) is 0 Å². The Hall–Kier alpha value is -1.10. The highest BCUT2D eigenvalue weighted by atomic mass is 79.9. The Morgan fingerprint density at radius 2 is 2.15 bits per heavy atom. The standard InChI is InChI=1S/C15H19BrFNO2/c1-15(2,3)20-14(19)18-12-6-4-5-10-9(12)7-8-11(17)13(10)16/h7-8,12H,4-6H2,1-3H3,(H,18,19). The number of nitrogens with one attached hydrogen (secondary N) is 1. The Morgan fingerprint density at radius 1 is 1.45 bits per heavy atom. The molecule has 0 aliphatic heterocycles. The molecule has 2 rings (SSSR count). The number of amides is 1. The Bertz CT molecular complexity index is 525. The summed E-state index contributed by atoms with van der Waals surface area (Å²) in [5, 5.41) is 2.87. The second-order valence-electron chi connectivity index (χ2n) is 6.02. The first kappa shape index (κ1) is 15.3. The van der Waals surface area contributed by atoms with E-state index >= 15 is 0 Å². The second kappa shape index (κ2) is 5.72. The fourth-order valence-corrected chi connectivity index (χ4v) is 2.99. The normalized spacial score (nSPS) is 18.4. The topological polar surface area (TPSA) is 38.3 Å². The van der Waals surface area contributed by atoms with Gasteiger partial charge in [-0.3, -0.25) is 0 Å². The number of hydrogen-bond acceptors (Lipinski definition) is 2. The van der Waals surface area contributed by atoms with E-state index in [1.807, 2.05) is 20.8 Å². The van der Waals surface area contributed by atoms with Gasteiger partial charge in [0, 0.05) is 0 Å². The van der Waals surface area contributed by atoms with Crippen molar-refractivity contribution in [2.24, 2.45) is 0 Å². The van der Waals surface area contributed by atoms with Gasteiger partial charge in [-0.1, -0.05) is 6.07 Å². The third kappa shape index (κ3) is 3.51. The monoisotopic (exact) mass is 343 g/mol. The van der Waals surface area contributed by atoms with E-state index in [2.05, 4.69) is 21.2 Å². The fraction of sp³-hybridized carbons (Fsp3) is 0.533. The Kier molecular flexibility index (Phi) is 4.37. The first-order valence-corrected chi connectivity index (χ1v) is 7.53. The molecule has 0 heterocycles. The van der Waals surface area contributed by atoms with Crippen molar-refractivity contribution < 1.29 is 13.9 Å². The van der Waals surface area contributed by atoms with E-state index in [1.165, 1.54) is 6.07 Å². The van der Waals surface area contributed by atoms with Crippen LogP contribution in [0, 0.1) is 5.82 Å². The van der Waals surface area contributed by atoms with Crippen LogP contribution in [0.25, 0.3) is 0 Å². The summed E-state index contributed by atoms with van der Waals surface area (Å²) in [7, 11) is 0. The minimum atomic E-state index is -0.523. The number of ether oxygens (including phenoxy) is 1. The van der Waals surface area contributed by atoms with Gasteiger partial charge in [-0.2, -0.15) is 0 Å². The summed E-state index contributed by atoms with van der Waals surface area (Å²) in [6.07, 6.45) is 2.14. The molecule has 0 bridgehead atoms. The average Bonchev–Trinajstić information content (AvgIpc) is 2.32. The Morgan fingerprint density at radius 3 is 2.80 bits per heavy atom. The summed E-state index contributed by atoms with van der Waals surface area (Å²) in [5.41, 5.74) is 1.39. The lowest BCUT2D eigenvalue weighted by Gasteiger charge is -2.28. The van der Waals surface area contributed by atoms with Crippen molar-refractivity contribution in [3.05, 3.63) is 33.5 Å². The molecule has 0 fully saturated rings. The summed E-state index contributed by atoms with van der Waals surface area (Å²) < 4.78 is 19.3. The van der Waals surface area contributed by atoms with Crippen molar-refractivity contribution in [3.8, 4) is 0 Å². The van der Waals surface area contributed by atoms with Crippen molar-refractivity contribution in [2.75, 3.05) is 0 Å². The lowest BCUT2D eigenvalue weighted by molar-refractivity contribution is 0.0498. The minimum Gasteiger partial charge on any atom is -0.444 e. The number of fused-ring (bicyclic) bond motifs is 1. The number of carbonyl (C=O) groups excluding carboxylic acids is 1. The molecular weight excluding hydrogens is 325 g/mol. The number of halogens is 2. The first-order valence-electron chi connectivity index (χ1n) is 6.74. The van der Waals surface area contributed by atoms with E-state index in [-0.39, 0.29) is 11.9 Å². The molecule has 0 spiro atoms. The van der Waals surface area contributed by atoms with Gasteiger partial charge < -0.3 is 10.1 Å².